The van der Waals surface area contributed by atoms with Crippen LogP contribution in [0.3, 0.4) is 0 Å². The third kappa shape index (κ3) is 3.18. The summed E-state index contributed by atoms with van der Waals surface area (Å²) in [6.07, 6.45) is 4.64. The summed E-state index contributed by atoms with van der Waals surface area (Å²) in [7, 11) is 0. The number of aliphatic hydroxyl groups excluding tert-OH is 1. The van der Waals surface area contributed by atoms with E-state index in [2.05, 4.69) is 10.3 Å². The van der Waals surface area contributed by atoms with Crippen LogP contribution in [0.15, 0.2) is 48.7 Å². The van der Waals surface area contributed by atoms with Gasteiger partial charge in [0.2, 0.25) is 5.91 Å². The molecule has 5 heteroatoms. The van der Waals surface area contributed by atoms with Gasteiger partial charge in [-0.15, -0.1) is 0 Å². The maximum absolute atomic E-state index is 12.1. The number of carbonyl (C=O) groups excluding carboxylic acids is 1. The Labute approximate surface area is 133 Å². The van der Waals surface area contributed by atoms with Gasteiger partial charge in [0, 0.05) is 18.7 Å². The second-order valence-electron chi connectivity index (χ2n) is 5.20. The van der Waals surface area contributed by atoms with E-state index >= 15 is 0 Å². The number of amides is 1. The molecule has 1 heterocycles. The van der Waals surface area contributed by atoms with Gasteiger partial charge in [-0.25, -0.2) is 4.98 Å². The Morgan fingerprint density at radius 1 is 1.36 bits per heavy atom. The third-order valence-electron chi connectivity index (χ3n) is 3.68. The lowest BCUT2D eigenvalue weighted by atomic mass is 10.1. The minimum Gasteiger partial charge on any atom is -0.390 e. The Balaban J connectivity index is 1.70. The minimum absolute atomic E-state index is 0.256. The molecule has 0 spiro atoms. The van der Waals surface area contributed by atoms with Gasteiger partial charge >= 0.3 is 0 Å². The average molecular weight is 315 g/mol. The van der Waals surface area contributed by atoms with Crippen LogP contribution in [0.5, 0.6) is 0 Å². The number of hydrogen-bond acceptors (Lipinski definition) is 3. The predicted molar refractivity (Wildman–Crippen MR) is 85.3 cm³/mol. The van der Waals surface area contributed by atoms with Crippen molar-refractivity contribution in [1.29, 1.82) is 0 Å². The summed E-state index contributed by atoms with van der Waals surface area (Å²) < 4.78 is 0. The van der Waals surface area contributed by atoms with Gasteiger partial charge in [0.1, 0.15) is 5.15 Å². The number of nitrogens with one attached hydrogen (secondary N) is 1. The molecule has 2 N–H and O–H groups in total. The van der Waals surface area contributed by atoms with Crippen LogP contribution in [-0.2, 0) is 11.2 Å². The zero-order valence-electron chi connectivity index (χ0n) is 11.7. The zero-order chi connectivity index (χ0) is 15.5. The lowest BCUT2D eigenvalue weighted by Gasteiger charge is -2.16. The minimum atomic E-state index is -0.592. The first-order valence-corrected chi connectivity index (χ1v) is 7.37. The number of nitrogens with zero attached hydrogens (tertiary/aromatic N) is 1. The molecule has 1 aliphatic rings. The van der Waals surface area contributed by atoms with Gasteiger partial charge in [-0.05, 0) is 34.9 Å². The Bertz CT molecular complexity index is 730. The molecule has 4 nitrogen and oxygen atoms in total. The van der Waals surface area contributed by atoms with Crippen molar-refractivity contribution in [3.05, 3.63) is 70.5 Å². The second kappa shape index (κ2) is 6.30. The van der Waals surface area contributed by atoms with Crippen molar-refractivity contribution in [3.63, 3.8) is 0 Å². The molecule has 0 saturated carbocycles. The van der Waals surface area contributed by atoms with Gasteiger partial charge in [-0.2, -0.15) is 0 Å². The molecule has 0 bridgehead atoms. The number of hydrogen-bond donors (Lipinski definition) is 2. The van der Waals surface area contributed by atoms with Gasteiger partial charge in [-0.1, -0.05) is 35.9 Å². The van der Waals surface area contributed by atoms with Crippen molar-refractivity contribution < 1.29 is 9.90 Å². The lowest BCUT2D eigenvalue weighted by Crippen LogP contribution is -2.32. The molecule has 1 aromatic carbocycles. The molecule has 0 fully saturated rings. The maximum atomic E-state index is 12.1. The smallest absolute Gasteiger partial charge is 0.244 e. The average Bonchev–Trinajstić information content (AvgIpc) is 2.81. The molecule has 2 atom stereocenters. The molecular formula is C17H15ClN2O2. The number of halogens is 1. The van der Waals surface area contributed by atoms with Crippen molar-refractivity contribution in [1.82, 2.24) is 10.3 Å². The molecule has 3 rings (SSSR count). The fourth-order valence-electron chi connectivity index (χ4n) is 2.64. The highest BCUT2D eigenvalue weighted by molar-refractivity contribution is 6.29. The molecule has 0 radical (unpaired) electrons. The van der Waals surface area contributed by atoms with E-state index in [9.17, 15) is 9.90 Å². The number of fused-ring (bicyclic) bond motifs is 1. The number of rotatable bonds is 3. The van der Waals surface area contributed by atoms with Crippen LogP contribution in [-0.4, -0.2) is 22.1 Å². The standard InChI is InChI=1S/C17H15ClN2O2/c18-15-9-11(7-8-19-15)5-6-16(22)20-17-13-4-2-1-3-12(13)10-14(17)21/h1-9,14,17,21H,10H2,(H,20,22)/b6-5+. The first kappa shape index (κ1) is 14.8. The van der Waals surface area contributed by atoms with Gasteiger partial charge < -0.3 is 10.4 Å². The summed E-state index contributed by atoms with van der Waals surface area (Å²) in [5, 5.41) is 13.3. The van der Waals surface area contributed by atoms with E-state index in [1.54, 1.807) is 24.4 Å². The first-order chi connectivity index (χ1) is 10.6. The molecule has 1 amide bonds. The molecule has 0 aliphatic heterocycles. The summed E-state index contributed by atoms with van der Waals surface area (Å²) in [6, 6.07) is 10.8. The summed E-state index contributed by atoms with van der Waals surface area (Å²) in [5.41, 5.74) is 2.84. The summed E-state index contributed by atoms with van der Waals surface area (Å²) in [5.74, 6) is -0.256. The SMILES string of the molecule is O=C(/C=C/c1ccnc(Cl)c1)NC1c2ccccc2CC1O. The number of carbonyl (C=O) groups is 1. The summed E-state index contributed by atoms with van der Waals surface area (Å²) in [4.78, 5) is 15.9. The third-order valence-corrected chi connectivity index (χ3v) is 3.89. The molecule has 112 valence electrons. The quantitative estimate of drug-likeness (QED) is 0.676. The van der Waals surface area contributed by atoms with E-state index in [-0.39, 0.29) is 11.9 Å². The summed E-state index contributed by atoms with van der Waals surface area (Å²) >= 11 is 5.79. The fraction of sp³-hybridized carbons (Fsp3) is 0.176. The van der Waals surface area contributed by atoms with Gasteiger partial charge in [-0.3, -0.25) is 4.79 Å². The van der Waals surface area contributed by atoms with Gasteiger partial charge in [0.15, 0.2) is 0 Å². The van der Waals surface area contributed by atoms with Gasteiger partial charge in [0.05, 0.1) is 12.1 Å². The fourth-order valence-corrected chi connectivity index (χ4v) is 2.82. The van der Waals surface area contributed by atoms with Crippen molar-refractivity contribution in [2.75, 3.05) is 0 Å². The van der Waals surface area contributed by atoms with Crippen molar-refractivity contribution >= 4 is 23.6 Å². The van der Waals surface area contributed by atoms with Crippen molar-refractivity contribution in [2.45, 2.75) is 18.6 Å². The van der Waals surface area contributed by atoms with E-state index in [4.69, 9.17) is 11.6 Å². The van der Waals surface area contributed by atoms with Crippen LogP contribution < -0.4 is 5.32 Å². The maximum Gasteiger partial charge on any atom is 0.244 e. The van der Waals surface area contributed by atoms with Crippen LogP contribution in [0, 0.1) is 0 Å². The van der Waals surface area contributed by atoms with Crippen LogP contribution in [0.2, 0.25) is 5.15 Å². The topological polar surface area (TPSA) is 62.2 Å². The molecule has 2 unspecified atom stereocenters. The normalized spacial score (nSPS) is 20.1. The first-order valence-electron chi connectivity index (χ1n) is 6.99. The Morgan fingerprint density at radius 2 is 2.18 bits per heavy atom. The van der Waals surface area contributed by atoms with Crippen LogP contribution in [0.25, 0.3) is 6.08 Å². The highest BCUT2D eigenvalue weighted by Gasteiger charge is 2.31. The number of benzene rings is 1. The molecule has 1 aromatic heterocycles. The van der Waals surface area contributed by atoms with Crippen LogP contribution in [0.1, 0.15) is 22.7 Å². The lowest BCUT2D eigenvalue weighted by molar-refractivity contribution is -0.117. The Hall–Kier alpha value is -2.17. The number of pyridine rings is 1. The van der Waals surface area contributed by atoms with E-state index in [0.717, 1.165) is 16.7 Å². The zero-order valence-corrected chi connectivity index (χ0v) is 12.5. The van der Waals surface area contributed by atoms with Crippen LogP contribution in [0.4, 0.5) is 0 Å². The Morgan fingerprint density at radius 3 is 3.00 bits per heavy atom. The molecule has 0 saturated heterocycles. The number of aliphatic hydroxyl groups is 1. The van der Waals surface area contributed by atoms with Gasteiger partial charge in [0.25, 0.3) is 0 Å². The summed E-state index contributed by atoms with van der Waals surface area (Å²) in [6.45, 7) is 0. The van der Waals surface area contributed by atoms with E-state index in [1.807, 2.05) is 24.3 Å². The second-order valence-corrected chi connectivity index (χ2v) is 5.59. The van der Waals surface area contributed by atoms with Crippen molar-refractivity contribution in [3.8, 4) is 0 Å². The molecule has 2 aromatic rings. The molecular weight excluding hydrogens is 300 g/mol. The monoisotopic (exact) mass is 314 g/mol. The molecule has 1 aliphatic carbocycles. The van der Waals surface area contributed by atoms with Crippen molar-refractivity contribution in [2.24, 2.45) is 0 Å². The number of aromatic nitrogens is 1. The van der Waals surface area contributed by atoms with E-state index < -0.39 is 6.10 Å². The largest absolute Gasteiger partial charge is 0.390 e. The predicted octanol–water partition coefficient (Wildman–Crippen LogP) is 2.52. The highest BCUT2D eigenvalue weighted by atomic mass is 35.5. The van der Waals surface area contributed by atoms with E-state index in [1.165, 1.54) is 6.08 Å². The van der Waals surface area contributed by atoms with E-state index in [0.29, 0.717) is 11.6 Å². The highest BCUT2D eigenvalue weighted by Crippen LogP contribution is 2.31. The Kier molecular flexibility index (Phi) is 4.22. The molecule has 22 heavy (non-hydrogen) atoms. The van der Waals surface area contributed by atoms with Crippen LogP contribution >= 0.6 is 11.6 Å².